The molecule has 3 aromatic rings. The molecule has 0 spiro atoms. The minimum atomic E-state index is -4.34. The SMILES string of the molecule is Cc1cc(C)cc(Nc2nc(NCc3ccc(C(F)(F)F)c(C)c3)n[nH]2)c1. The Bertz CT molecular complexity index is 927. The van der Waals surface area contributed by atoms with E-state index in [0.29, 0.717) is 24.0 Å². The van der Waals surface area contributed by atoms with Crippen LogP contribution in [0.4, 0.5) is 30.8 Å². The fourth-order valence-corrected chi connectivity index (χ4v) is 2.92. The van der Waals surface area contributed by atoms with Crippen LogP contribution >= 0.6 is 0 Å². The first-order valence-electron chi connectivity index (χ1n) is 8.39. The lowest BCUT2D eigenvalue weighted by molar-refractivity contribution is -0.138. The van der Waals surface area contributed by atoms with Crippen LogP contribution in [0.5, 0.6) is 0 Å². The van der Waals surface area contributed by atoms with E-state index in [1.807, 2.05) is 26.0 Å². The van der Waals surface area contributed by atoms with Crippen molar-refractivity contribution in [3.8, 4) is 0 Å². The number of hydrogen-bond acceptors (Lipinski definition) is 4. The van der Waals surface area contributed by atoms with Gasteiger partial charge < -0.3 is 10.6 Å². The summed E-state index contributed by atoms with van der Waals surface area (Å²) in [6.07, 6.45) is -4.34. The second-order valence-corrected chi connectivity index (χ2v) is 6.51. The Morgan fingerprint density at radius 3 is 2.33 bits per heavy atom. The molecule has 8 heteroatoms. The molecule has 1 heterocycles. The molecule has 5 nitrogen and oxygen atoms in total. The average molecular weight is 375 g/mol. The van der Waals surface area contributed by atoms with Crippen molar-refractivity contribution in [3.05, 3.63) is 64.2 Å². The van der Waals surface area contributed by atoms with Crippen molar-refractivity contribution in [2.75, 3.05) is 10.6 Å². The van der Waals surface area contributed by atoms with Gasteiger partial charge in [0.25, 0.3) is 0 Å². The van der Waals surface area contributed by atoms with Gasteiger partial charge in [-0.3, -0.25) is 0 Å². The second kappa shape index (κ2) is 7.30. The number of alkyl halides is 3. The third-order valence-corrected chi connectivity index (χ3v) is 4.02. The molecule has 0 aliphatic heterocycles. The number of halogens is 3. The lowest BCUT2D eigenvalue weighted by atomic mass is 10.0. The molecule has 142 valence electrons. The summed E-state index contributed by atoms with van der Waals surface area (Å²) in [5, 5.41) is 13.0. The normalized spacial score (nSPS) is 11.5. The smallest absolute Gasteiger partial charge is 0.349 e. The highest BCUT2D eigenvalue weighted by atomic mass is 19.4. The number of nitrogens with zero attached hydrogens (tertiary/aromatic N) is 2. The average Bonchev–Trinajstić information content (AvgIpc) is 2.98. The maximum absolute atomic E-state index is 12.8. The van der Waals surface area contributed by atoms with Gasteiger partial charge in [0.15, 0.2) is 0 Å². The Kier molecular flexibility index (Phi) is 5.07. The molecule has 0 bridgehead atoms. The van der Waals surface area contributed by atoms with Crippen LogP contribution in [0, 0.1) is 20.8 Å². The lowest BCUT2D eigenvalue weighted by Crippen LogP contribution is -2.08. The fraction of sp³-hybridized carbons (Fsp3) is 0.263. The van der Waals surface area contributed by atoms with Crippen molar-refractivity contribution in [2.45, 2.75) is 33.5 Å². The van der Waals surface area contributed by atoms with Gasteiger partial charge in [-0.25, -0.2) is 5.10 Å². The van der Waals surface area contributed by atoms with Gasteiger partial charge in [-0.2, -0.15) is 18.2 Å². The summed E-state index contributed by atoms with van der Waals surface area (Å²) in [7, 11) is 0. The number of hydrogen-bond donors (Lipinski definition) is 3. The van der Waals surface area contributed by atoms with Crippen LogP contribution in [-0.4, -0.2) is 15.2 Å². The van der Waals surface area contributed by atoms with Crippen molar-refractivity contribution in [1.29, 1.82) is 0 Å². The van der Waals surface area contributed by atoms with Gasteiger partial charge in [0, 0.05) is 12.2 Å². The van der Waals surface area contributed by atoms with E-state index in [0.717, 1.165) is 22.9 Å². The van der Waals surface area contributed by atoms with Crippen molar-refractivity contribution in [2.24, 2.45) is 0 Å². The molecular formula is C19H20F3N5. The number of rotatable bonds is 5. The number of aryl methyl sites for hydroxylation is 3. The van der Waals surface area contributed by atoms with Crippen molar-refractivity contribution >= 4 is 17.6 Å². The van der Waals surface area contributed by atoms with Crippen molar-refractivity contribution in [1.82, 2.24) is 15.2 Å². The molecular weight excluding hydrogens is 355 g/mol. The first-order chi connectivity index (χ1) is 12.7. The highest BCUT2D eigenvalue weighted by molar-refractivity contribution is 5.56. The van der Waals surface area contributed by atoms with E-state index in [4.69, 9.17) is 0 Å². The van der Waals surface area contributed by atoms with Gasteiger partial charge in [-0.15, -0.1) is 5.10 Å². The molecule has 0 aliphatic rings. The summed E-state index contributed by atoms with van der Waals surface area (Å²) in [6.45, 7) is 5.79. The van der Waals surface area contributed by atoms with Crippen molar-refractivity contribution < 1.29 is 13.2 Å². The second-order valence-electron chi connectivity index (χ2n) is 6.51. The van der Waals surface area contributed by atoms with Gasteiger partial charge in [0.05, 0.1) is 5.56 Å². The van der Waals surface area contributed by atoms with E-state index in [1.165, 1.54) is 19.1 Å². The molecule has 0 fully saturated rings. The van der Waals surface area contributed by atoms with Crippen LogP contribution in [0.1, 0.15) is 27.8 Å². The highest BCUT2D eigenvalue weighted by Gasteiger charge is 2.32. The molecule has 1 aromatic heterocycles. The predicted molar refractivity (Wildman–Crippen MR) is 99.1 cm³/mol. The maximum Gasteiger partial charge on any atom is 0.416 e. The zero-order valence-electron chi connectivity index (χ0n) is 15.2. The minimum Gasteiger partial charge on any atom is -0.349 e. The number of H-pyrrole nitrogens is 1. The summed E-state index contributed by atoms with van der Waals surface area (Å²) in [5.41, 5.74) is 3.45. The quantitative estimate of drug-likeness (QED) is 0.580. The first kappa shape index (κ1) is 18.8. The Morgan fingerprint density at radius 2 is 1.70 bits per heavy atom. The highest BCUT2D eigenvalue weighted by Crippen LogP contribution is 2.32. The summed E-state index contributed by atoms with van der Waals surface area (Å²) in [6, 6.07) is 10.1. The zero-order chi connectivity index (χ0) is 19.6. The van der Waals surface area contributed by atoms with E-state index < -0.39 is 11.7 Å². The van der Waals surface area contributed by atoms with E-state index in [1.54, 1.807) is 0 Å². The fourth-order valence-electron chi connectivity index (χ4n) is 2.92. The molecule has 0 radical (unpaired) electrons. The third-order valence-electron chi connectivity index (χ3n) is 4.02. The largest absolute Gasteiger partial charge is 0.416 e. The number of aromatic amines is 1. The van der Waals surface area contributed by atoms with Gasteiger partial charge in [-0.05, 0) is 61.2 Å². The van der Waals surface area contributed by atoms with Gasteiger partial charge >= 0.3 is 6.18 Å². The molecule has 3 N–H and O–H groups in total. The number of benzene rings is 2. The van der Waals surface area contributed by atoms with E-state index in [2.05, 4.69) is 31.9 Å². The monoisotopic (exact) mass is 375 g/mol. The maximum atomic E-state index is 12.8. The summed E-state index contributed by atoms with van der Waals surface area (Å²) >= 11 is 0. The standard InChI is InChI=1S/C19H20F3N5/c1-11-6-12(2)8-15(7-11)24-18-25-17(26-27-18)23-10-14-4-5-16(13(3)9-14)19(20,21)22/h4-9H,10H2,1-3H3,(H3,23,24,25,26,27). The summed E-state index contributed by atoms with van der Waals surface area (Å²) in [4.78, 5) is 4.29. The van der Waals surface area contributed by atoms with Crippen LogP contribution in [0.25, 0.3) is 0 Å². The van der Waals surface area contributed by atoms with Crippen LogP contribution in [0.3, 0.4) is 0 Å². The molecule has 3 rings (SSSR count). The van der Waals surface area contributed by atoms with Gasteiger partial charge in [0.2, 0.25) is 11.9 Å². The van der Waals surface area contributed by atoms with Gasteiger partial charge in [0.1, 0.15) is 0 Å². The van der Waals surface area contributed by atoms with E-state index in [9.17, 15) is 13.2 Å². The van der Waals surface area contributed by atoms with E-state index >= 15 is 0 Å². The molecule has 0 saturated carbocycles. The van der Waals surface area contributed by atoms with Crippen LogP contribution in [0.15, 0.2) is 36.4 Å². The molecule has 0 saturated heterocycles. The van der Waals surface area contributed by atoms with Crippen LogP contribution in [-0.2, 0) is 12.7 Å². The molecule has 0 unspecified atom stereocenters. The molecule has 0 atom stereocenters. The van der Waals surface area contributed by atoms with Crippen molar-refractivity contribution in [3.63, 3.8) is 0 Å². The minimum absolute atomic E-state index is 0.189. The topological polar surface area (TPSA) is 65.6 Å². The molecule has 2 aromatic carbocycles. The Morgan fingerprint density at radius 1 is 1.00 bits per heavy atom. The molecule has 27 heavy (non-hydrogen) atoms. The number of anilines is 3. The summed E-state index contributed by atoms with van der Waals surface area (Å²) < 4.78 is 38.4. The van der Waals surface area contributed by atoms with E-state index in [-0.39, 0.29) is 5.56 Å². The van der Waals surface area contributed by atoms with Crippen LogP contribution in [0.2, 0.25) is 0 Å². The zero-order valence-corrected chi connectivity index (χ0v) is 15.2. The molecule has 0 amide bonds. The molecule has 0 aliphatic carbocycles. The Balaban J connectivity index is 1.64. The predicted octanol–water partition coefficient (Wildman–Crippen LogP) is 5.10. The van der Waals surface area contributed by atoms with Gasteiger partial charge in [-0.1, -0.05) is 18.2 Å². The Labute approximate surface area is 155 Å². The summed E-state index contributed by atoms with van der Waals surface area (Å²) in [5.74, 6) is 0.838. The Hall–Kier alpha value is -3.03. The van der Waals surface area contributed by atoms with Crippen LogP contribution < -0.4 is 10.6 Å². The number of nitrogens with one attached hydrogen (secondary N) is 3. The third kappa shape index (κ3) is 4.78. The first-order valence-corrected chi connectivity index (χ1v) is 8.39. The lowest BCUT2D eigenvalue weighted by Gasteiger charge is -2.11. The number of aromatic nitrogens is 3.